The van der Waals surface area contributed by atoms with E-state index < -0.39 is 0 Å². The van der Waals surface area contributed by atoms with Gasteiger partial charge in [-0.05, 0) is 13.8 Å². The van der Waals surface area contributed by atoms with Crippen LogP contribution in [0.4, 0.5) is 0 Å². The summed E-state index contributed by atoms with van der Waals surface area (Å²) < 4.78 is 0. The van der Waals surface area contributed by atoms with Crippen LogP contribution in [0.3, 0.4) is 0 Å². The molecule has 2 heterocycles. The monoisotopic (exact) mass is 275 g/mol. The van der Waals surface area contributed by atoms with Gasteiger partial charge in [0.15, 0.2) is 0 Å². The summed E-state index contributed by atoms with van der Waals surface area (Å²) >= 11 is 0. The third-order valence-electron chi connectivity index (χ3n) is 3.73. The molecule has 2 fully saturated rings. The van der Waals surface area contributed by atoms with Crippen molar-refractivity contribution in [3.63, 3.8) is 0 Å². The van der Waals surface area contributed by atoms with Gasteiger partial charge in [-0.15, -0.1) is 12.4 Å². The first-order valence-corrected chi connectivity index (χ1v) is 6.42. The molecule has 2 amide bonds. The first kappa shape index (κ1) is 15.2. The van der Waals surface area contributed by atoms with E-state index >= 15 is 0 Å². The molecule has 2 rings (SSSR count). The van der Waals surface area contributed by atoms with Crippen molar-refractivity contribution in [3.8, 4) is 0 Å². The Morgan fingerprint density at radius 2 is 2.22 bits per heavy atom. The zero-order valence-electron chi connectivity index (χ0n) is 11.0. The summed E-state index contributed by atoms with van der Waals surface area (Å²) in [6, 6.07) is 0.238. The fourth-order valence-corrected chi connectivity index (χ4v) is 2.65. The summed E-state index contributed by atoms with van der Waals surface area (Å²) in [5, 5.41) is 3.27. The Labute approximate surface area is 114 Å². The Kier molecular flexibility index (Phi) is 5.41. The highest BCUT2D eigenvalue weighted by atomic mass is 35.5. The first-order valence-electron chi connectivity index (χ1n) is 6.42. The number of carbonyl (C=O) groups is 2. The molecular weight excluding hydrogens is 254 g/mol. The molecule has 0 bridgehead atoms. The van der Waals surface area contributed by atoms with E-state index in [1.165, 1.54) is 0 Å². The van der Waals surface area contributed by atoms with Gasteiger partial charge in [-0.1, -0.05) is 0 Å². The largest absolute Gasteiger partial charge is 0.342 e. The van der Waals surface area contributed by atoms with Gasteiger partial charge in [0.05, 0.1) is 5.92 Å². The highest BCUT2D eigenvalue weighted by Crippen LogP contribution is 2.21. The molecule has 6 heteroatoms. The molecule has 0 spiro atoms. The molecule has 0 aromatic carbocycles. The molecular formula is C12H22ClN3O2. The van der Waals surface area contributed by atoms with E-state index in [1.807, 2.05) is 11.8 Å². The van der Waals surface area contributed by atoms with E-state index in [0.717, 1.165) is 19.6 Å². The summed E-state index contributed by atoms with van der Waals surface area (Å²) in [5.41, 5.74) is 0. The van der Waals surface area contributed by atoms with Crippen LogP contribution in [-0.2, 0) is 9.59 Å². The van der Waals surface area contributed by atoms with E-state index in [1.54, 1.807) is 4.90 Å². The van der Waals surface area contributed by atoms with Gasteiger partial charge >= 0.3 is 0 Å². The van der Waals surface area contributed by atoms with Crippen molar-refractivity contribution in [2.24, 2.45) is 5.92 Å². The number of rotatable bonds is 2. The topological polar surface area (TPSA) is 52.7 Å². The number of nitrogens with one attached hydrogen (secondary N) is 1. The van der Waals surface area contributed by atoms with Crippen molar-refractivity contribution in [1.29, 1.82) is 0 Å². The lowest BCUT2D eigenvalue weighted by atomic mass is 10.1. The van der Waals surface area contributed by atoms with Crippen LogP contribution in [0.5, 0.6) is 0 Å². The van der Waals surface area contributed by atoms with Gasteiger partial charge in [0, 0.05) is 45.2 Å². The van der Waals surface area contributed by atoms with Crippen molar-refractivity contribution in [3.05, 3.63) is 0 Å². The van der Waals surface area contributed by atoms with Crippen LogP contribution in [0, 0.1) is 5.92 Å². The summed E-state index contributed by atoms with van der Waals surface area (Å²) in [6.07, 6.45) is 0.392. The van der Waals surface area contributed by atoms with Crippen molar-refractivity contribution < 1.29 is 9.59 Å². The summed E-state index contributed by atoms with van der Waals surface area (Å²) in [6.45, 7) is 7.79. The number of nitrogens with zero attached hydrogens (tertiary/aromatic N) is 2. The molecule has 0 radical (unpaired) electrons. The maximum Gasteiger partial charge on any atom is 0.228 e. The fraction of sp³-hybridized carbons (Fsp3) is 0.833. The predicted molar refractivity (Wildman–Crippen MR) is 71.7 cm³/mol. The molecule has 0 aromatic heterocycles. The first-order chi connectivity index (χ1) is 8.13. The lowest BCUT2D eigenvalue weighted by Gasteiger charge is -2.35. The van der Waals surface area contributed by atoms with Crippen molar-refractivity contribution in [2.45, 2.75) is 26.3 Å². The number of likely N-dealkylation sites (tertiary alicyclic amines) is 1. The maximum absolute atomic E-state index is 12.3. The van der Waals surface area contributed by atoms with Crippen LogP contribution in [0.25, 0.3) is 0 Å². The second kappa shape index (κ2) is 6.38. The number of amides is 2. The number of halogens is 1. The average molecular weight is 276 g/mol. The number of piperazine rings is 1. The summed E-state index contributed by atoms with van der Waals surface area (Å²) in [5.74, 6) is 0.153. The van der Waals surface area contributed by atoms with Crippen molar-refractivity contribution in [1.82, 2.24) is 15.1 Å². The maximum atomic E-state index is 12.3. The highest BCUT2D eigenvalue weighted by molar-refractivity contribution is 5.89. The predicted octanol–water partition coefficient (Wildman–Crippen LogP) is 0.0969. The van der Waals surface area contributed by atoms with E-state index in [2.05, 4.69) is 12.2 Å². The second-order valence-electron chi connectivity index (χ2n) is 4.92. The molecule has 2 atom stereocenters. The molecule has 2 aliphatic rings. The molecule has 0 aliphatic carbocycles. The molecule has 1 N–H and O–H groups in total. The van der Waals surface area contributed by atoms with Crippen LogP contribution in [0.15, 0.2) is 0 Å². The van der Waals surface area contributed by atoms with Gasteiger partial charge in [0.1, 0.15) is 0 Å². The van der Waals surface area contributed by atoms with Crippen LogP contribution in [-0.4, -0.2) is 60.4 Å². The normalized spacial score (nSPS) is 28.2. The SMILES string of the molecule is CCN1CC(C(=O)N2CCNCC2C)CC1=O.Cl. The number of carbonyl (C=O) groups excluding carboxylic acids is 2. The van der Waals surface area contributed by atoms with Gasteiger partial charge in [-0.2, -0.15) is 0 Å². The minimum absolute atomic E-state index is 0. The van der Waals surface area contributed by atoms with Gasteiger partial charge < -0.3 is 15.1 Å². The smallest absolute Gasteiger partial charge is 0.228 e. The Hall–Kier alpha value is -0.810. The standard InChI is InChI=1S/C12H21N3O2.ClH/c1-3-14-8-10(6-11(14)16)12(17)15-5-4-13-7-9(15)2;/h9-10,13H,3-8H2,1-2H3;1H. The highest BCUT2D eigenvalue weighted by Gasteiger charge is 2.37. The Bertz CT molecular complexity index is 324. The molecule has 104 valence electrons. The summed E-state index contributed by atoms with van der Waals surface area (Å²) in [4.78, 5) is 27.7. The Morgan fingerprint density at radius 1 is 1.50 bits per heavy atom. The quantitative estimate of drug-likeness (QED) is 0.778. The lowest BCUT2D eigenvalue weighted by Crippen LogP contribution is -2.54. The minimum Gasteiger partial charge on any atom is -0.342 e. The molecule has 2 saturated heterocycles. The Morgan fingerprint density at radius 3 is 2.78 bits per heavy atom. The van der Waals surface area contributed by atoms with Gasteiger partial charge in [0.25, 0.3) is 0 Å². The molecule has 2 aliphatic heterocycles. The molecule has 0 saturated carbocycles. The van der Waals surface area contributed by atoms with Crippen LogP contribution in [0.2, 0.25) is 0 Å². The van der Waals surface area contributed by atoms with E-state index in [0.29, 0.717) is 19.5 Å². The number of hydrogen-bond acceptors (Lipinski definition) is 3. The minimum atomic E-state index is -0.122. The molecule has 18 heavy (non-hydrogen) atoms. The third kappa shape index (κ3) is 2.95. The average Bonchev–Trinajstić information content (AvgIpc) is 2.70. The van der Waals surface area contributed by atoms with E-state index in [-0.39, 0.29) is 36.2 Å². The Balaban J connectivity index is 0.00000162. The lowest BCUT2D eigenvalue weighted by molar-refractivity contribution is -0.138. The number of hydrogen-bond donors (Lipinski definition) is 1. The van der Waals surface area contributed by atoms with Gasteiger partial charge in [-0.3, -0.25) is 9.59 Å². The molecule has 0 aromatic rings. The van der Waals surface area contributed by atoms with Gasteiger partial charge in [0.2, 0.25) is 11.8 Å². The zero-order valence-corrected chi connectivity index (χ0v) is 11.8. The fourth-order valence-electron chi connectivity index (χ4n) is 2.65. The van der Waals surface area contributed by atoms with Crippen molar-refractivity contribution in [2.75, 3.05) is 32.7 Å². The van der Waals surface area contributed by atoms with Gasteiger partial charge in [-0.25, -0.2) is 0 Å². The van der Waals surface area contributed by atoms with Crippen LogP contribution < -0.4 is 5.32 Å². The zero-order chi connectivity index (χ0) is 12.4. The van der Waals surface area contributed by atoms with Crippen LogP contribution >= 0.6 is 12.4 Å². The molecule has 2 unspecified atom stereocenters. The summed E-state index contributed by atoms with van der Waals surface area (Å²) in [7, 11) is 0. The van der Waals surface area contributed by atoms with Crippen molar-refractivity contribution >= 4 is 24.2 Å². The third-order valence-corrected chi connectivity index (χ3v) is 3.73. The van der Waals surface area contributed by atoms with E-state index in [9.17, 15) is 9.59 Å². The van der Waals surface area contributed by atoms with Crippen LogP contribution in [0.1, 0.15) is 20.3 Å². The second-order valence-corrected chi connectivity index (χ2v) is 4.92. The molecule has 5 nitrogen and oxygen atoms in total. The van der Waals surface area contributed by atoms with E-state index in [4.69, 9.17) is 0 Å².